The van der Waals surface area contributed by atoms with Gasteiger partial charge in [-0.05, 0) is 24.5 Å². The number of rotatable bonds is 7. The van der Waals surface area contributed by atoms with Crippen LogP contribution in [0.15, 0.2) is 70.6 Å². The molecule has 2 N–H and O–H groups in total. The Labute approximate surface area is 206 Å². The lowest BCUT2D eigenvalue weighted by Crippen LogP contribution is -2.27. The number of phenolic OH excluding ortho intramolecular Hbond substituents is 2. The number of para-hydroxylation sites is 1. The number of non-ortho nitro benzene ring substituents is 1. The van der Waals surface area contributed by atoms with E-state index in [1.54, 1.807) is 12.3 Å². The lowest BCUT2D eigenvalue weighted by molar-refractivity contribution is -0.394. The summed E-state index contributed by atoms with van der Waals surface area (Å²) in [7, 11) is 0. The highest BCUT2D eigenvalue weighted by Crippen LogP contribution is 2.34. The molecule has 1 aliphatic carbocycles. The maximum Gasteiger partial charge on any atom is 0.318 e. The van der Waals surface area contributed by atoms with E-state index in [9.17, 15) is 30.4 Å². The fourth-order valence-corrected chi connectivity index (χ4v) is 4.28. The number of nitrogens with zero attached hydrogens (tertiary/aromatic N) is 4. The molecular formula is C26H24N4O6. The van der Waals surface area contributed by atoms with E-state index < -0.39 is 27.0 Å². The number of aliphatic imine (C=N–C) groups is 2. The number of hydrogen-bond acceptors (Lipinski definition) is 8. The minimum atomic E-state index is -0.872. The number of nitro groups is 2. The highest BCUT2D eigenvalue weighted by Gasteiger charge is 2.26. The van der Waals surface area contributed by atoms with Crippen molar-refractivity contribution in [1.29, 1.82) is 0 Å². The monoisotopic (exact) mass is 488 g/mol. The lowest BCUT2D eigenvalue weighted by Gasteiger charge is -2.25. The molecule has 10 heteroatoms. The van der Waals surface area contributed by atoms with Gasteiger partial charge in [0.05, 0.1) is 28.0 Å². The SMILES string of the molecule is O=[N+]([O-])c1cc(C=N[C@@H]2CCCC[C@H]2N=Cc2cccc(-c3ccccc3)c2O)c(O)c([N+](=O)[O-])c1. The highest BCUT2D eigenvalue weighted by atomic mass is 16.6. The van der Waals surface area contributed by atoms with Gasteiger partial charge in [0.1, 0.15) is 5.75 Å². The Morgan fingerprint density at radius 3 is 2.03 bits per heavy atom. The first kappa shape index (κ1) is 24.5. The van der Waals surface area contributed by atoms with E-state index in [0.717, 1.165) is 37.0 Å². The van der Waals surface area contributed by atoms with Crippen LogP contribution in [0.3, 0.4) is 0 Å². The van der Waals surface area contributed by atoms with Gasteiger partial charge in [0.15, 0.2) is 0 Å². The summed E-state index contributed by atoms with van der Waals surface area (Å²) in [5, 5.41) is 43.4. The molecule has 1 fully saturated rings. The molecule has 4 rings (SSSR count). The molecule has 36 heavy (non-hydrogen) atoms. The van der Waals surface area contributed by atoms with Crippen molar-refractivity contribution in [3.8, 4) is 22.6 Å². The van der Waals surface area contributed by atoms with Crippen LogP contribution in [0.5, 0.6) is 11.5 Å². The summed E-state index contributed by atoms with van der Waals surface area (Å²) < 4.78 is 0. The zero-order chi connectivity index (χ0) is 25.7. The summed E-state index contributed by atoms with van der Waals surface area (Å²) in [4.78, 5) is 29.9. The van der Waals surface area contributed by atoms with E-state index >= 15 is 0 Å². The van der Waals surface area contributed by atoms with Gasteiger partial charge in [-0.2, -0.15) is 0 Å². The molecule has 2 atom stereocenters. The predicted molar refractivity (Wildman–Crippen MR) is 136 cm³/mol. The second-order valence-corrected chi connectivity index (χ2v) is 8.50. The third-order valence-electron chi connectivity index (χ3n) is 6.17. The van der Waals surface area contributed by atoms with E-state index in [1.165, 1.54) is 6.21 Å². The van der Waals surface area contributed by atoms with Crippen LogP contribution in [0.25, 0.3) is 11.1 Å². The van der Waals surface area contributed by atoms with E-state index in [0.29, 0.717) is 17.5 Å². The molecule has 0 spiro atoms. The summed E-state index contributed by atoms with van der Waals surface area (Å²) in [6.45, 7) is 0. The molecule has 1 saturated carbocycles. The number of phenols is 2. The first-order chi connectivity index (χ1) is 17.3. The molecular weight excluding hydrogens is 464 g/mol. The zero-order valence-corrected chi connectivity index (χ0v) is 19.2. The van der Waals surface area contributed by atoms with Crippen molar-refractivity contribution in [2.45, 2.75) is 37.8 Å². The van der Waals surface area contributed by atoms with Gasteiger partial charge in [0, 0.05) is 35.2 Å². The van der Waals surface area contributed by atoms with Gasteiger partial charge in [-0.1, -0.05) is 55.3 Å². The molecule has 0 radical (unpaired) electrons. The summed E-state index contributed by atoms with van der Waals surface area (Å²) >= 11 is 0. The topological polar surface area (TPSA) is 151 Å². The maximum atomic E-state index is 11.2. The fourth-order valence-electron chi connectivity index (χ4n) is 4.28. The Hall–Kier alpha value is -4.60. The van der Waals surface area contributed by atoms with Crippen molar-refractivity contribution in [3.05, 3.63) is 92.0 Å². The van der Waals surface area contributed by atoms with Gasteiger partial charge in [-0.15, -0.1) is 0 Å². The summed E-state index contributed by atoms with van der Waals surface area (Å²) in [5.41, 5.74) is 0.788. The van der Waals surface area contributed by atoms with Crippen LogP contribution in [0, 0.1) is 20.2 Å². The minimum Gasteiger partial charge on any atom is -0.507 e. The summed E-state index contributed by atoms with van der Waals surface area (Å²) in [6.07, 6.45) is 6.16. The predicted octanol–water partition coefficient (Wildman–Crippen LogP) is 5.43. The van der Waals surface area contributed by atoms with Crippen LogP contribution in [-0.4, -0.2) is 44.6 Å². The molecule has 0 unspecified atom stereocenters. The lowest BCUT2D eigenvalue weighted by atomic mass is 9.91. The van der Waals surface area contributed by atoms with Crippen LogP contribution >= 0.6 is 0 Å². The molecule has 0 heterocycles. The molecule has 3 aromatic rings. The van der Waals surface area contributed by atoms with Crippen molar-refractivity contribution in [1.82, 2.24) is 0 Å². The summed E-state index contributed by atoms with van der Waals surface area (Å²) in [6, 6.07) is 16.2. The molecule has 0 amide bonds. The van der Waals surface area contributed by atoms with Crippen LogP contribution in [0.2, 0.25) is 0 Å². The van der Waals surface area contributed by atoms with E-state index in [2.05, 4.69) is 9.98 Å². The Kier molecular flexibility index (Phi) is 7.33. The van der Waals surface area contributed by atoms with Crippen molar-refractivity contribution < 1.29 is 20.1 Å². The normalized spacial score (nSPS) is 18.0. The smallest absolute Gasteiger partial charge is 0.318 e. The molecule has 0 saturated heterocycles. The minimum absolute atomic E-state index is 0.0996. The maximum absolute atomic E-state index is 11.2. The molecule has 0 aliphatic heterocycles. The number of hydrogen-bond donors (Lipinski definition) is 2. The number of aromatic hydroxyl groups is 2. The first-order valence-electron chi connectivity index (χ1n) is 11.4. The molecule has 0 aromatic heterocycles. The quantitative estimate of drug-likeness (QED) is 0.257. The van der Waals surface area contributed by atoms with E-state index in [-0.39, 0.29) is 23.4 Å². The third kappa shape index (κ3) is 5.38. The number of benzene rings is 3. The second-order valence-electron chi connectivity index (χ2n) is 8.50. The number of nitro benzene ring substituents is 2. The molecule has 0 bridgehead atoms. The third-order valence-corrected chi connectivity index (χ3v) is 6.17. The molecule has 184 valence electrons. The molecule has 1 aliphatic rings. The Morgan fingerprint density at radius 1 is 0.778 bits per heavy atom. The van der Waals surface area contributed by atoms with Crippen molar-refractivity contribution in [2.24, 2.45) is 9.98 Å². The fraction of sp³-hybridized carbons (Fsp3) is 0.231. The Balaban J connectivity index is 1.59. The second kappa shape index (κ2) is 10.8. The van der Waals surface area contributed by atoms with Gasteiger partial charge in [0.25, 0.3) is 5.69 Å². The Morgan fingerprint density at radius 2 is 1.42 bits per heavy atom. The standard InChI is InChI=1S/C26H24N4O6/c31-25-18(9-6-10-21(25)17-7-2-1-3-8-17)15-27-22-11-4-5-12-23(22)28-16-19-13-20(29(33)34)14-24(26(19)32)30(35)36/h1-3,6-10,13-16,22-23,31-32H,4-5,11-12H2/t22-,23-/m1/s1. The van der Waals surface area contributed by atoms with Gasteiger partial charge in [0.2, 0.25) is 5.75 Å². The van der Waals surface area contributed by atoms with Crippen molar-refractivity contribution in [3.63, 3.8) is 0 Å². The van der Waals surface area contributed by atoms with Gasteiger partial charge >= 0.3 is 5.69 Å². The van der Waals surface area contributed by atoms with Crippen LogP contribution < -0.4 is 0 Å². The van der Waals surface area contributed by atoms with Crippen molar-refractivity contribution in [2.75, 3.05) is 0 Å². The average molecular weight is 489 g/mol. The van der Waals surface area contributed by atoms with Crippen LogP contribution in [-0.2, 0) is 0 Å². The van der Waals surface area contributed by atoms with Crippen LogP contribution in [0.1, 0.15) is 36.8 Å². The van der Waals surface area contributed by atoms with E-state index in [1.807, 2.05) is 42.5 Å². The van der Waals surface area contributed by atoms with Gasteiger partial charge < -0.3 is 10.2 Å². The molecule has 10 nitrogen and oxygen atoms in total. The van der Waals surface area contributed by atoms with Gasteiger partial charge in [-0.25, -0.2) is 0 Å². The van der Waals surface area contributed by atoms with Gasteiger partial charge in [-0.3, -0.25) is 30.2 Å². The highest BCUT2D eigenvalue weighted by molar-refractivity contribution is 5.89. The van der Waals surface area contributed by atoms with Crippen LogP contribution in [0.4, 0.5) is 11.4 Å². The van der Waals surface area contributed by atoms with Crippen molar-refractivity contribution >= 4 is 23.8 Å². The largest absolute Gasteiger partial charge is 0.507 e. The Bertz CT molecular complexity index is 1340. The van der Waals surface area contributed by atoms with E-state index in [4.69, 9.17) is 0 Å². The average Bonchev–Trinajstić information content (AvgIpc) is 2.88. The summed E-state index contributed by atoms with van der Waals surface area (Å²) in [5.74, 6) is -0.551. The zero-order valence-electron chi connectivity index (χ0n) is 19.2. The molecule has 3 aromatic carbocycles. The first-order valence-corrected chi connectivity index (χ1v) is 11.4.